The van der Waals surface area contributed by atoms with Gasteiger partial charge in [0.1, 0.15) is 12.1 Å². The topological polar surface area (TPSA) is 88.4 Å². The van der Waals surface area contributed by atoms with Gasteiger partial charge in [0, 0.05) is 11.8 Å². The van der Waals surface area contributed by atoms with Crippen LogP contribution in [0.3, 0.4) is 0 Å². The van der Waals surface area contributed by atoms with Crippen LogP contribution in [-0.4, -0.2) is 27.6 Å². The van der Waals surface area contributed by atoms with Crippen LogP contribution in [0.2, 0.25) is 0 Å². The number of amides is 1. The van der Waals surface area contributed by atoms with Gasteiger partial charge in [-0.3, -0.25) is 9.59 Å². The highest BCUT2D eigenvalue weighted by molar-refractivity contribution is 5.86. The molecular weight excluding hydrogens is 284 g/mol. The smallest absolute Gasteiger partial charge is 0.326 e. The summed E-state index contributed by atoms with van der Waals surface area (Å²) in [4.78, 5) is 35.8. The summed E-state index contributed by atoms with van der Waals surface area (Å²) in [5.41, 5.74) is 0.405. The molecule has 0 aliphatic heterocycles. The minimum absolute atomic E-state index is 0.187. The van der Waals surface area contributed by atoms with Gasteiger partial charge in [-0.2, -0.15) is 0 Å². The minimum Gasteiger partial charge on any atom is -0.480 e. The molecule has 3 atom stereocenters. The first-order chi connectivity index (χ1) is 10.3. The molecule has 1 amide bonds. The van der Waals surface area contributed by atoms with E-state index in [9.17, 15) is 19.5 Å². The lowest BCUT2D eigenvalue weighted by Gasteiger charge is -2.25. The van der Waals surface area contributed by atoms with E-state index in [2.05, 4.69) is 5.32 Å². The van der Waals surface area contributed by atoms with Crippen molar-refractivity contribution in [3.8, 4) is 0 Å². The van der Waals surface area contributed by atoms with E-state index in [1.54, 1.807) is 32.9 Å². The molecular formula is C16H24N2O4. The largest absolute Gasteiger partial charge is 0.480 e. The maximum atomic E-state index is 12.5. The average molecular weight is 308 g/mol. The number of aryl methyl sites for hydroxylation is 1. The third-order valence-corrected chi connectivity index (χ3v) is 3.97. The summed E-state index contributed by atoms with van der Waals surface area (Å²) in [7, 11) is 0. The van der Waals surface area contributed by atoms with Crippen molar-refractivity contribution in [1.29, 1.82) is 0 Å². The zero-order valence-electron chi connectivity index (χ0n) is 13.5. The minimum atomic E-state index is -1.06. The maximum absolute atomic E-state index is 12.5. The summed E-state index contributed by atoms with van der Waals surface area (Å²) in [6.07, 6.45) is 1.04. The van der Waals surface area contributed by atoms with Gasteiger partial charge in [0.05, 0.1) is 0 Å². The van der Waals surface area contributed by atoms with Crippen LogP contribution in [0.5, 0.6) is 0 Å². The van der Waals surface area contributed by atoms with Crippen molar-refractivity contribution in [2.24, 2.45) is 5.92 Å². The molecule has 0 bridgehead atoms. The summed E-state index contributed by atoms with van der Waals surface area (Å²) < 4.78 is 1.41. The summed E-state index contributed by atoms with van der Waals surface area (Å²) in [6.45, 7) is 7.19. The zero-order chi connectivity index (χ0) is 16.9. The summed E-state index contributed by atoms with van der Waals surface area (Å²) in [5.74, 6) is -1.69. The van der Waals surface area contributed by atoms with Crippen LogP contribution in [0.25, 0.3) is 0 Å². The normalized spacial score (nSPS) is 14.9. The van der Waals surface area contributed by atoms with Crippen LogP contribution in [0.15, 0.2) is 23.0 Å². The molecule has 2 N–H and O–H groups in total. The van der Waals surface area contributed by atoms with Gasteiger partial charge >= 0.3 is 5.97 Å². The highest BCUT2D eigenvalue weighted by Crippen LogP contribution is 2.14. The molecule has 0 aliphatic rings. The number of carboxylic acids is 1. The number of carboxylic acid groups (broad SMARTS) is 1. The van der Waals surface area contributed by atoms with Crippen molar-refractivity contribution in [3.05, 3.63) is 34.2 Å². The number of aromatic nitrogens is 1. The van der Waals surface area contributed by atoms with E-state index in [-0.39, 0.29) is 11.5 Å². The number of nitrogens with zero attached hydrogens (tertiary/aromatic N) is 1. The Bertz CT molecular complexity index is 594. The molecule has 3 unspecified atom stereocenters. The molecule has 1 rings (SSSR count). The molecule has 0 saturated carbocycles. The molecule has 0 fully saturated rings. The van der Waals surface area contributed by atoms with Crippen molar-refractivity contribution < 1.29 is 14.7 Å². The average Bonchev–Trinajstić information content (AvgIpc) is 2.47. The third-order valence-electron chi connectivity index (χ3n) is 3.97. The molecule has 0 aliphatic carbocycles. The van der Waals surface area contributed by atoms with Gasteiger partial charge in [-0.25, -0.2) is 4.79 Å². The first-order valence-corrected chi connectivity index (χ1v) is 7.54. The van der Waals surface area contributed by atoms with Crippen molar-refractivity contribution in [2.45, 2.75) is 52.6 Å². The molecule has 0 spiro atoms. The summed E-state index contributed by atoms with van der Waals surface area (Å²) in [5, 5.41) is 11.8. The Morgan fingerprint density at radius 2 is 1.91 bits per heavy atom. The van der Waals surface area contributed by atoms with E-state index in [0.29, 0.717) is 18.5 Å². The Labute approximate surface area is 130 Å². The summed E-state index contributed by atoms with van der Waals surface area (Å²) in [6, 6.07) is 3.12. The van der Waals surface area contributed by atoms with E-state index in [1.165, 1.54) is 10.6 Å². The van der Waals surface area contributed by atoms with Crippen molar-refractivity contribution in [3.63, 3.8) is 0 Å². The predicted molar refractivity (Wildman–Crippen MR) is 83.8 cm³/mol. The molecule has 6 heteroatoms. The number of hydrogen-bond acceptors (Lipinski definition) is 3. The Morgan fingerprint density at radius 3 is 2.36 bits per heavy atom. The van der Waals surface area contributed by atoms with Gasteiger partial charge in [-0.05, 0) is 25.3 Å². The van der Waals surface area contributed by atoms with E-state index < -0.39 is 24.0 Å². The second kappa shape index (κ2) is 7.77. The fourth-order valence-corrected chi connectivity index (χ4v) is 2.42. The molecule has 0 saturated heterocycles. The van der Waals surface area contributed by atoms with Crippen molar-refractivity contribution in [1.82, 2.24) is 9.88 Å². The van der Waals surface area contributed by atoms with Gasteiger partial charge < -0.3 is 15.0 Å². The summed E-state index contributed by atoms with van der Waals surface area (Å²) >= 11 is 0. The molecule has 1 heterocycles. The number of pyridine rings is 1. The van der Waals surface area contributed by atoms with Crippen molar-refractivity contribution in [2.75, 3.05) is 0 Å². The fourth-order valence-electron chi connectivity index (χ4n) is 2.42. The van der Waals surface area contributed by atoms with Gasteiger partial charge in [0.15, 0.2) is 0 Å². The number of aliphatic carboxylic acids is 1. The van der Waals surface area contributed by atoms with Crippen LogP contribution >= 0.6 is 0 Å². The van der Waals surface area contributed by atoms with Crippen LogP contribution < -0.4 is 10.9 Å². The molecule has 0 radical (unpaired) electrons. The lowest BCUT2D eigenvalue weighted by molar-refractivity contribution is -0.143. The molecule has 1 aromatic heterocycles. The highest BCUT2D eigenvalue weighted by Gasteiger charge is 2.29. The van der Waals surface area contributed by atoms with E-state index >= 15 is 0 Å². The Balaban J connectivity index is 3.07. The number of hydrogen-bond donors (Lipinski definition) is 2. The van der Waals surface area contributed by atoms with Gasteiger partial charge in [0.2, 0.25) is 5.91 Å². The van der Waals surface area contributed by atoms with Crippen LogP contribution in [-0.2, 0) is 9.59 Å². The quantitative estimate of drug-likeness (QED) is 0.803. The predicted octanol–water partition coefficient (Wildman–Crippen LogP) is 1.72. The fraction of sp³-hybridized carbons (Fsp3) is 0.562. The molecule has 1 aromatic rings. The van der Waals surface area contributed by atoms with Gasteiger partial charge in [-0.1, -0.05) is 33.3 Å². The Hall–Kier alpha value is -2.11. The van der Waals surface area contributed by atoms with Crippen LogP contribution in [0.4, 0.5) is 0 Å². The zero-order valence-corrected chi connectivity index (χ0v) is 13.5. The van der Waals surface area contributed by atoms with E-state index in [0.717, 1.165) is 0 Å². The van der Waals surface area contributed by atoms with Crippen LogP contribution in [0, 0.1) is 12.8 Å². The lowest BCUT2D eigenvalue weighted by Crippen LogP contribution is -2.48. The second-order valence-corrected chi connectivity index (χ2v) is 5.51. The number of rotatable bonds is 7. The molecule has 0 aromatic carbocycles. The lowest BCUT2D eigenvalue weighted by atomic mass is 9.98. The Morgan fingerprint density at radius 1 is 1.27 bits per heavy atom. The number of carbonyl (C=O) groups excluding carboxylic acids is 1. The first-order valence-electron chi connectivity index (χ1n) is 7.54. The number of carbonyl (C=O) groups is 2. The standard InChI is InChI=1S/C16H24N2O4/c1-5-10(3)14(16(21)22)17-15(20)12(6-2)18-11(4)8-7-9-13(18)19/h7-10,12,14H,5-6H2,1-4H3,(H,17,20)(H,21,22). The van der Waals surface area contributed by atoms with Crippen LogP contribution in [0.1, 0.15) is 45.3 Å². The van der Waals surface area contributed by atoms with Gasteiger partial charge in [-0.15, -0.1) is 0 Å². The first kappa shape index (κ1) is 17.9. The molecule has 122 valence electrons. The SMILES string of the molecule is CCC(C)C(NC(=O)C(CC)n1c(C)cccc1=O)C(=O)O. The third kappa shape index (κ3) is 3.96. The second-order valence-electron chi connectivity index (χ2n) is 5.51. The molecule has 6 nitrogen and oxygen atoms in total. The monoisotopic (exact) mass is 308 g/mol. The van der Waals surface area contributed by atoms with E-state index in [1.807, 2.05) is 6.92 Å². The molecule has 22 heavy (non-hydrogen) atoms. The van der Waals surface area contributed by atoms with Crippen molar-refractivity contribution >= 4 is 11.9 Å². The maximum Gasteiger partial charge on any atom is 0.326 e. The highest BCUT2D eigenvalue weighted by atomic mass is 16.4. The van der Waals surface area contributed by atoms with E-state index in [4.69, 9.17) is 0 Å². The Kier molecular flexibility index (Phi) is 6.34. The number of nitrogens with one attached hydrogen (secondary N) is 1. The van der Waals surface area contributed by atoms with Gasteiger partial charge in [0.25, 0.3) is 5.56 Å².